The quantitative estimate of drug-likeness (QED) is 0.502. The lowest BCUT2D eigenvalue weighted by Crippen LogP contribution is -2.33. The van der Waals surface area contributed by atoms with Crippen molar-refractivity contribution in [2.24, 2.45) is 5.92 Å². The van der Waals surface area contributed by atoms with E-state index >= 15 is 0 Å². The summed E-state index contributed by atoms with van der Waals surface area (Å²) in [5, 5.41) is 18.4. The molecule has 2 heteroatoms. The zero-order valence-corrected chi connectivity index (χ0v) is 5.75. The Morgan fingerprint density at radius 1 is 1.11 bits per heavy atom. The van der Waals surface area contributed by atoms with E-state index in [0.717, 1.165) is 19.3 Å². The number of hydrogen-bond acceptors (Lipinski definition) is 2. The number of aliphatic hydroxyl groups excluding tert-OH is 2. The van der Waals surface area contributed by atoms with Crippen molar-refractivity contribution in [2.75, 3.05) is 0 Å². The van der Waals surface area contributed by atoms with Gasteiger partial charge in [-0.25, -0.2) is 0 Å². The Morgan fingerprint density at radius 2 is 1.56 bits per heavy atom. The Morgan fingerprint density at radius 3 is 1.89 bits per heavy atom. The van der Waals surface area contributed by atoms with E-state index in [1.807, 2.05) is 6.92 Å². The second-order valence-corrected chi connectivity index (χ2v) is 2.92. The predicted octanol–water partition coefficient (Wildman–Crippen LogP) is 0.528. The van der Waals surface area contributed by atoms with E-state index in [1.54, 1.807) is 0 Å². The molecule has 0 heterocycles. The lowest BCUT2D eigenvalue weighted by Gasteiger charge is -2.28. The summed E-state index contributed by atoms with van der Waals surface area (Å²) < 4.78 is 0. The van der Waals surface area contributed by atoms with E-state index in [4.69, 9.17) is 0 Å². The number of aliphatic hydroxyl groups is 2. The third-order valence-corrected chi connectivity index (χ3v) is 2.21. The molecule has 9 heavy (non-hydrogen) atoms. The summed E-state index contributed by atoms with van der Waals surface area (Å²) in [6.07, 6.45) is 2.14. The Bertz CT molecular complexity index is 82.9. The van der Waals surface area contributed by atoms with Crippen molar-refractivity contribution >= 4 is 0 Å². The minimum atomic E-state index is -0.270. The standard InChI is InChI=1S/C7H14O2/c1-5-6(8)3-2-4-7(5)9/h5-9H,2-4H2,1H3. The largest absolute Gasteiger partial charge is 0.393 e. The summed E-state index contributed by atoms with van der Waals surface area (Å²) in [5.41, 5.74) is 0. The van der Waals surface area contributed by atoms with Gasteiger partial charge in [0, 0.05) is 5.92 Å². The Labute approximate surface area is 55.5 Å². The third-order valence-electron chi connectivity index (χ3n) is 2.21. The molecule has 2 N–H and O–H groups in total. The predicted molar refractivity (Wildman–Crippen MR) is 35.0 cm³/mol. The zero-order valence-electron chi connectivity index (χ0n) is 5.75. The molecule has 0 aliphatic heterocycles. The smallest absolute Gasteiger partial charge is 0.0590 e. The van der Waals surface area contributed by atoms with Crippen LogP contribution in [-0.2, 0) is 0 Å². The maximum atomic E-state index is 9.19. The van der Waals surface area contributed by atoms with Crippen molar-refractivity contribution in [3.05, 3.63) is 0 Å². The van der Waals surface area contributed by atoms with Crippen LogP contribution in [0.4, 0.5) is 0 Å². The molecule has 2 nitrogen and oxygen atoms in total. The van der Waals surface area contributed by atoms with Crippen LogP contribution < -0.4 is 0 Å². The summed E-state index contributed by atoms with van der Waals surface area (Å²) in [7, 11) is 0. The van der Waals surface area contributed by atoms with Crippen LogP contribution in [-0.4, -0.2) is 22.4 Å². The van der Waals surface area contributed by atoms with Gasteiger partial charge in [-0.05, 0) is 19.3 Å². The van der Waals surface area contributed by atoms with Gasteiger partial charge in [-0.1, -0.05) is 6.92 Å². The maximum absolute atomic E-state index is 9.19. The molecule has 54 valence electrons. The lowest BCUT2D eigenvalue weighted by atomic mass is 9.86. The van der Waals surface area contributed by atoms with Crippen molar-refractivity contribution < 1.29 is 10.2 Å². The molecule has 2 atom stereocenters. The van der Waals surface area contributed by atoms with Crippen LogP contribution in [0.3, 0.4) is 0 Å². The number of hydrogen-bond donors (Lipinski definition) is 2. The normalized spacial score (nSPS) is 45.0. The fraction of sp³-hybridized carbons (Fsp3) is 1.00. The van der Waals surface area contributed by atoms with Gasteiger partial charge in [0.25, 0.3) is 0 Å². The molecule has 0 aromatic heterocycles. The third kappa shape index (κ3) is 1.43. The summed E-state index contributed by atoms with van der Waals surface area (Å²) in [6, 6.07) is 0. The Hall–Kier alpha value is -0.0800. The van der Waals surface area contributed by atoms with Crippen LogP contribution >= 0.6 is 0 Å². The van der Waals surface area contributed by atoms with Gasteiger partial charge in [-0.3, -0.25) is 0 Å². The minimum Gasteiger partial charge on any atom is -0.393 e. The van der Waals surface area contributed by atoms with Crippen molar-refractivity contribution in [3.63, 3.8) is 0 Å². The van der Waals surface area contributed by atoms with Crippen molar-refractivity contribution in [3.8, 4) is 0 Å². The van der Waals surface area contributed by atoms with Gasteiger partial charge >= 0.3 is 0 Å². The molecule has 0 aromatic rings. The van der Waals surface area contributed by atoms with Crippen LogP contribution in [0.2, 0.25) is 0 Å². The summed E-state index contributed by atoms with van der Waals surface area (Å²) >= 11 is 0. The first-order valence-corrected chi connectivity index (χ1v) is 3.58. The Kier molecular flexibility index (Phi) is 2.09. The van der Waals surface area contributed by atoms with Gasteiger partial charge in [0.2, 0.25) is 0 Å². The molecule has 1 saturated carbocycles. The average Bonchev–Trinajstić information content (AvgIpc) is 1.83. The first-order valence-electron chi connectivity index (χ1n) is 3.58. The second-order valence-electron chi connectivity index (χ2n) is 2.92. The van der Waals surface area contributed by atoms with Crippen LogP contribution in [0.25, 0.3) is 0 Å². The molecule has 0 saturated heterocycles. The van der Waals surface area contributed by atoms with Gasteiger partial charge in [-0.15, -0.1) is 0 Å². The maximum Gasteiger partial charge on any atom is 0.0590 e. The zero-order chi connectivity index (χ0) is 6.85. The van der Waals surface area contributed by atoms with E-state index in [0.29, 0.717) is 0 Å². The molecular formula is C7H14O2. The molecule has 2 unspecified atom stereocenters. The van der Waals surface area contributed by atoms with Crippen molar-refractivity contribution in [2.45, 2.75) is 38.4 Å². The summed E-state index contributed by atoms with van der Waals surface area (Å²) in [5.74, 6) is 0.0822. The van der Waals surface area contributed by atoms with Gasteiger partial charge in [0.15, 0.2) is 0 Å². The van der Waals surface area contributed by atoms with E-state index in [9.17, 15) is 10.2 Å². The molecule has 1 fully saturated rings. The highest BCUT2D eigenvalue weighted by Gasteiger charge is 2.26. The van der Waals surface area contributed by atoms with Crippen LogP contribution in [0.1, 0.15) is 26.2 Å². The van der Waals surface area contributed by atoms with Gasteiger partial charge in [0.05, 0.1) is 12.2 Å². The SMILES string of the molecule is CC1C(O)CCCC1O. The van der Waals surface area contributed by atoms with E-state index < -0.39 is 0 Å². The monoisotopic (exact) mass is 130 g/mol. The summed E-state index contributed by atoms with van der Waals surface area (Å²) in [4.78, 5) is 0. The molecule has 1 aliphatic carbocycles. The van der Waals surface area contributed by atoms with Crippen LogP contribution in [0.5, 0.6) is 0 Å². The highest BCUT2D eigenvalue weighted by molar-refractivity contribution is 4.77. The fourth-order valence-electron chi connectivity index (χ4n) is 1.32. The van der Waals surface area contributed by atoms with E-state index in [2.05, 4.69) is 0 Å². The molecule has 0 spiro atoms. The van der Waals surface area contributed by atoms with Crippen molar-refractivity contribution in [1.82, 2.24) is 0 Å². The molecule has 1 rings (SSSR count). The molecule has 1 aliphatic rings. The lowest BCUT2D eigenvalue weighted by molar-refractivity contribution is -0.0142. The van der Waals surface area contributed by atoms with Crippen LogP contribution in [0.15, 0.2) is 0 Å². The van der Waals surface area contributed by atoms with Gasteiger partial charge in [-0.2, -0.15) is 0 Å². The molecular weight excluding hydrogens is 116 g/mol. The molecule has 0 aromatic carbocycles. The molecule has 0 bridgehead atoms. The van der Waals surface area contributed by atoms with E-state index in [1.165, 1.54) is 0 Å². The first kappa shape index (κ1) is 7.03. The highest BCUT2D eigenvalue weighted by atomic mass is 16.3. The average molecular weight is 130 g/mol. The first-order chi connectivity index (χ1) is 4.22. The highest BCUT2D eigenvalue weighted by Crippen LogP contribution is 2.23. The Balaban J connectivity index is 2.41. The second kappa shape index (κ2) is 2.67. The van der Waals surface area contributed by atoms with Gasteiger partial charge < -0.3 is 10.2 Å². The van der Waals surface area contributed by atoms with Crippen LogP contribution in [0, 0.1) is 5.92 Å². The topological polar surface area (TPSA) is 40.5 Å². The summed E-state index contributed by atoms with van der Waals surface area (Å²) in [6.45, 7) is 1.90. The minimum absolute atomic E-state index is 0.0822. The fourth-order valence-corrected chi connectivity index (χ4v) is 1.32. The van der Waals surface area contributed by atoms with E-state index in [-0.39, 0.29) is 18.1 Å². The van der Waals surface area contributed by atoms with Gasteiger partial charge in [0.1, 0.15) is 0 Å². The molecule has 0 amide bonds. The van der Waals surface area contributed by atoms with Crippen molar-refractivity contribution in [1.29, 1.82) is 0 Å². The molecule has 0 radical (unpaired) electrons. The number of rotatable bonds is 0.